The third kappa shape index (κ3) is 5.09. The Morgan fingerprint density at radius 1 is 1.47 bits per heavy atom. The molecule has 2 unspecified atom stereocenters. The van der Waals surface area contributed by atoms with Crippen LogP contribution in [-0.4, -0.2) is 70.2 Å². The molecule has 1 aliphatic rings. The highest BCUT2D eigenvalue weighted by atomic mass is 32.1. The van der Waals surface area contributed by atoms with Crippen molar-refractivity contribution in [2.45, 2.75) is 44.8 Å². The average molecular weight is 429 g/mol. The molecule has 1 amide bonds. The molecule has 3 N–H and O–H groups in total. The standard InChI is InChI=1S/C21H28N6O2S/c1-3-17-18(26-21(30-17)15-8-4-5-10-24-15)20(29)25-16(13-22)19(23-2)27-11-6-7-14(28)9-12-27/h4-5,8,10,13-14,16,22,28H,3,6-7,9,11-12H2,1-2H3,(H,25,29). The quantitative estimate of drug-likeness (QED) is 0.483. The molecule has 3 rings (SSSR count). The third-order valence-electron chi connectivity index (χ3n) is 5.10. The number of likely N-dealkylation sites (tertiary alicyclic amines) is 1. The molecule has 160 valence electrons. The first-order valence-electron chi connectivity index (χ1n) is 10.2. The van der Waals surface area contributed by atoms with Crippen molar-refractivity contribution in [2.75, 3.05) is 20.1 Å². The van der Waals surface area contributed by atoms with Gasteiger partial charge in [-0.25, -0.2) is 4.98 Å². The predicted octanol–water partition coefficient (Wildman–Crippen LogP) is 2.39. The molecule has 3 heterocycles. The number of amidine groups is 1. The second-order valence-electron chi connectivity index (χ2n) is 7.13. The highest BCUT2D eigenvalue weighted by molar-refractivity contribution is 7.15. The topological polar surface area (TPSA) is 115 Å². The Bertz CT molecular complexity index is 898. The van der Waals surface area contributed by atoms with E-state index in [9.17, 15) is 9.90 Å². The molecule has 0 aromatic carbocycles. The van der Waals surface area contributed by atoms with Gasteiger partial charge in [-0.3, -0.25) is 14.8 Å². The molecular weight excluding hydrogens is 400 g/mol. The predicted molar refractivity (Wildman–Crippen MR) is 120 cm³/mol. The van der Waals surface area contributed by atoms with E-state index >= 15 is 0 Å². The average Bonchev–Trinajstić information content (AvgIpc) is 3.10. The zero-order chi connectivity index (χ0) is 21.5. The number of nitrogens with zero attached hydrogens (tertiary/aromatic N) is 4. The van der Waals surface area contributed by atoms with Crippen LogP contribution in [0.25, 0.3) is 10.7 Å². The minimum atomic E-state index is -0.651. The van der Waals surface area contributed by atoms with E-state index in [-0.39, 0.29) is 12.0 Å². The van der Waals surface area contributed by atoms with E-state index in [2.05, 4.69) is 20.3 Å². The van der Waals surface area contributed by atoms with E-state index in [1.165, 1.54) is 17.6 Å². The van der Waals surface area contributed by atoms with Gasteiger partial charge in [-0.2, -0.15) is 0 Å². The van der Waals surface area contributed by atoms with Crippen molar-refractivity contribution in [3.8, 4) is 10.7 Å². The van der Waals surface area contributed by atoms with Gasteiger partial charge < -0.3 is 20.7 Å². The summed E-state index contributed by atoms with van der Waals surface area (Å²) in [5, 5.41) is 21.4. The maximum Gasteiger partial charge on any atom is 0.271 e. The molecular formula is C21H28N6O2S. The third-order valence-corrected chi connectivity index (χ3v) is 6.32. The van der Waals surface area contributed by atoms with E-state index in [0.717, 1.165) is 30.0 Å². The second kappa shape index (κ2) is 10.4. The molecule has 2 atom stereocenters. The summed E-state index contributed by atoms with van der Waals surface area (Å²) < 4.78 is 0. The number of aliphatic imine (C=N–C) groups is 1. The number of aromatic nitrogens is 2. The molecule has 30 heavy (non-hydrogen) atoms. The van der Waals surface area contributed by atoms with E-state index in [1.54, 1.807) is 13.2 Å². The van der Waals surface area contributed by atoms with Crippen molar-refractivity contribution in [3.63, 3.8) is 0 Å². The van der Waals surface area contributed by atoms with Crippen LogP contribution in [0, 0.1) is 5.41 Å². The summed E-state index contributed by atoms with van der Waals surface area (Å²) in [6.45, 7) is 3.38. The first-order valence-corrected chi connectivity index (χ1v) is 11.0. The lowest BCUT2D eigenvalue weighted by Gasteiger charge is -2.28. The second-order valence-corrected chi connectivity index (χ2v) is 8.21. The number of aliphatic hydroxyl groups excluding tert-OH is 1. The van der Waals surface area contributed by atoms with Crippen LogP contribution in [-0.2, 0) is 6.42 Å². The number of amides is 1. The molecule has 9 heteroatoms. The summed E-state index contributed by atoms with van der Waals surface area (Å²) >= 11 is 1.46. The maximum absolute atomic E-state index is 13.1. The Hall–Kier alpha value is -2.65. The highest BCUT2D eigenvalue weighted by Crippen LogP contribution is 2.27. The van der Waals surface area contributed by atoms with Crippen molar-refractivity contribution in [1.29, 1.82) is 5.41 Å². The molecule has 0 spiro atoms. The number of aliphatic hydroxyl groups is 1. The summed E-state index contributed by atoms with van der Waals surface area (Å²) in [6.07, 6.45) is 5.52. The van der Waals surface area contributed by atoms with Crippen LogP contribution in [0.1, 0.15) is 41.6 Å². The Kier molecular flexibility index (Phi) is 7.64. The Labute approximate surface area is 180 Å². The fourth-order valence-electron chi connectivity index (χ4n) is 3.54. The number of hydrogen-bond acceptors (Lipinski definition) is 7. The van der Waals surface area contributed by atoms with E-state index in [1.807, 2.05) is 30.0 Å². The molecule has 0 radical (unpaired) electrons. The molecule has 2 aromatic heterocycles. The number of nitrogens with one attached hydrogen (secondary N) is 2. The van der Waals surface area contributed by atoms with E-state index < -0.39 is 6.04 Å². The summed E-state index contributed by atoms with van der Waals surface area (Å²) in [6, 6.07) is 4.95. The lowest BCUT2D eigenvalue weighted by Crippen LogP contribution is -2.50. The van der Waals surface area contributed by atoms with Crippen molar-refractivity contribution in [2.24, 2.45) is 4.99 Å². The number of carbonyl (C=O) groups is 1. The number of hydrogen-bond donors (Lipinski definition) is 3. The Morgan fingerprint density at radius 3 is 2.97 bits per heavy atom. The zero-order valence-corrected chi connectivity index (χ0v) is 18.2. The molecule has 1 aliphatic heterocycles. The Balaban J connectivity index is 1.79. The van der Waals surface area contributed by atoms with Crippen molar-refractivity contribution >= 4 is 29.3 Å². The van der Waals surface area contributed by atoms with Crippen molar-refractivity contribution in [1.82, 2.24) is 20.2 Å². The van der Waals surface area contributed by atoms with E-state index in [4.69, 9.17) is 5.41 Å². The number of aryl methyl sites for hydroxylation is 1. The molecule has 0 bridgehead atoms. The fourth-order valence-corrected chi connectivity index (χ4v) is 4.52. The number of thiazole rings is 1. The molecule has 8 nitrogen and oxygen atoms in total. The zero-order valence-electron chi connectivity index (χ0n) is 17.3. The molecule has 0 aliphatic carbocycles. The summed E-state index contributed by atoms with van der Waals surface area (Å²) in [5.74, 6) is 0.306. The molecule has 0 saturated carbocycles. The van der Waals surface area contributed by atoms with Gasteiger partial charge in [-0.1, -0.05) is 13.0 Å². The minimum absolute atomic E-state index is 0.312. The first kappa shape index (κ1) is 22.0. The van der Waals surface area contributed by atoms with Crippen LogP contribution in [0.5, 0.6) is 0 Å². The van der Waals surface area contributed by atoms with Gasteiger partial charge in [0.05, 0.1) is 11.8 Å². The van der Waals surface area contributed by atoms with Gasteiger partial charge in [0.2, 0.25) is 0 Å². The van der Waals surface area contributed by atoms with Gasteiger partial charge in [-0.15, -0.1) is 11.3 Å². The van der Waals surface area contributed by atoms with Gasteiger partial charge in [0.25, 0.3) is 5.91 Å². The monoisotopic (exact) mass is 428 g/mol. The smallest absolute Gasteiger partial charge is 0.271 e. The summed E-state index contributed by atoms with van der Waals surface area (Å²) in [7, 11) is 1.67. The first-order chi connectivity index (χ1) is 14.6. The van der Waals surface area contributed by atoms with Gasteiger partial charge in [0.15, 0.2) is 0 Å². The van der Waals surface area contributed by atoms with Crippen LogP contribution in [0.15, 0.2) is 29.4 Å². The number of rotatable bonds is 6. The molecule has 1 saturated heterocycles. The van der Waals surface area contributed by atoms with Gasteiger partial charge in [0.1, 0.15) is 22.6 Å². The summed E-state index contributed by atoms with van der Waals surface area (Å²) in [4.78, 5) is 29.2. The largest absolute Gasteiger partial charge is 0.393 e. The van der Waals surface area contributed by atoms with Gasteiger partial charge in [0, 0.05) is 37.4 Å². The lowest BCUT2D eigenvalue weighted by atomic mass is 10.2. The summed E-state index contributed by atoms with van der Waals surface area (Å²) in [5.41, 5.74) is 1.11. The lowest BCUT2D eigenvalue weighted by molar-refractivity contribution is 0.0947. The fraction of sp³-hybridized carbons (Fsp3) is 0.476. The minimum Gasteiger partial charge on any atom is -0.393 e. The number of pyridine rings is 1. The molecule has 2 aromatic rings. The van der Waals surface area contributed by atoms with Crippen LogP contribution in [0.2, 0.25) is 0 Å². The van der Waals surface area contributed by atoms with Crippen molar-refractivity contribution in [3.05, 3.63) is 35.0 Å². The van der Waals surface area contributed by atoms with Crippen molar-refractivity contribution < 1.29 is 9.90 Å². The van der Waals surface area contributed by atoms with Crippen LogP contribution < -0.4 is 5.32 Å². The Morgan fingerprint density at radius 2 is 2.30 bits per heavy atom. The highest BCUT2D eigenvalue weighted by Gasteiger charge is 2.26. The van der Waals surface area contributed by atoms with Crippen LogP contribution in [0.3, 0.4) is 0 Å². The van der Waals surface area contributed by atoms with Crippen LogP contribution in [0.4, 0.5) is 0 Å². The number of carbonyl (C=O) groups excluding carboxylic acids is 1. The van der Waals surface area contributed by atoms with E-state index in [0.29, 0.717) is 35.9 Å². The normalized spacial score (nSPS) is 18.6. The van der Waals surface area contributed by atoms with Gasteiger partial charge in [-0.05, 0) is 37.8 Å². The van der Waals surface area contributed by atoms with Gasteiger partial charge >= 0.3 is 0 Å². The maximum atomic E-state index is 13.1. The van der Waals surface area contributed by atoms with Crippen LogP contribution >= 0.6 is 11.3 Å². The SMILES string of the molecule is CCc1sc(-c2ccccn2)nc1C(=O)NC(C=N)C(=NC)N1CCCC(O)CC1. The molecule has 1 fully saturated rings.